The van der Waals surface area contributed by atoms with Gasteiger partial charge in [-0.25, -0.2) is 4.79 Å². The van der Waals surface area contributed by atoms with Gasteiger partial charge in [0.2, 0.25) is 6.61 Å². The molecule has 0 saturated heterocycles. The Morgan fingerprint density at radius 3 is 2.48 bits per heavy atom. The van der Waals surface area contributed by atoms with Gasteiger partial charge in [-0.2, -0.15) is 0 Å². The molecule has 0 bridgehead atoms. The molecule has 2 rings (SSSR count). The maximum Gasteiger partial charge on any atom is 0.347 e. The number of nitrogens with one attached hydrogen (secondary N) is 1. The first-order chi connectivity index (χ1) is 13.0. The van der Waals surface area contributed by atoms with Gasteiger partial charge < -0.3 is 19.6 Å². The number of hydrogen-bond acceptors (Lipinski definition) is 6. The van der Waals surface area contributed by atoms with Crippen LogP contribution in [0.3, 0.4) is 0 Å². The lowest BCUT2D eigenvalue weighted by atomic mass is 10.1. The molecule has 2 aromatic rings. The fraction of sp³-hybridized carbons (Fsp3) is 0.250. The lowest BCUT2D eigenvalue weighted by Gasteiger charge is -2.09. The summed E-state index contributed by atoms with van der Waals surface area (Å²) in [6.07, 6.45) is 1.46. The molecule has 0 aromatic heterocycles. The molecular weight excluding hydrogens is 348 g/mol. The molecule has 0 spiro atoms. The molecule has 7 nitrogen and oxygen atoms in total. The number of oxime groups is 1. The number of benzene rings is 2. The topological polar surface area (TPSA) is 86.2 Å². The Morgan fingerprint density at radius 2 is 1.81 bits per heavy atom. The van der Waals surface area contributed by atoms with Crippen LogP contribution in [-0.4, -0.2) is 38.4 Å². The summed E-state index contributed by atoms with van der Waals surface area (Å²) in [5, 5.41) is 6.38. The molecule has 7 heteroatoms. The second-order valence-electron chi connectivity index (χ2n) is 5.81. The van der Waals surface area contributed by atoms with Gasteiger partial charge in [0, 0.05) is 5.69 Å². The first-order valence-corrected chi connectivity index (χ1v) is 8.30. The quantitative estimate of drug-likeness (QED) is 0.439. The highest BCUT2D eigenvalue weighted by atomic mass is 16.7. The normalized spacial score (nSPS) is 10.5. The summed E-state index contributed by atoms with van der Waals surface area (Å²) in [6.45, 7) is 3.09. The first-order valence-electron chi connectivity index (χ1n) is 8.30. The van der Waals surface area contributed by atoms with Crippen LogP contribution in [0.15, 0.2) is 47.6 Å². The van der Waals surface area contributed by atoms with E-state index in [2.05, 4.69) is 10.5 Å². The number of carbonyl (C=O) groups is 2. The van der Waals surface area contributed by atoms with Crippen molar-refractivity contribution >= 4 is 23.8 Å². The second-order valence-corrected chi connectivity index (χ2v) is 5.81. The van der Waals surface area contributed by atoms with Crippen LogP contribution < -0.4 is 10.1 Å². The number of amides is 1. The average Bonchev–Trinajstić information content (AvgIpc) is 2.66. The van der Waals surface area contributed by atoms with Crippen LogP contribution in [0.2, 0.25) is 0 Å². The van der Waals surface area contributed by atoms with E-state index in [-0.39, 0.29) is 6.61 Å². The third-order valence-corrected chi connectivity index (χ3v) is 3.59. The number of nitrogens with zero attached hydrogens (tertiary/aromatic N) is 1. The lowest BCUT2D eigenvalue weighted by Crippen LogP contribution is -2.22. The summed E-state index contributed by atoms with van der Waals surface area (Å²) in [6, 6.07) is 12.8. The highest BCUT2D eigenvalue weighted by Gasteiger charge is 2.09. The predicted molar refractivity (Wildman–Crippen MR) is 102 cm³/mol. The molecule has 0 saturated carbocycles. The summed E-state index contributed by atoms with van der Waals surface area (Å²) >= 11 is 0. The minimum absolute atomic E-state index is 0.385. The van der Waals surface area contributed by atoms with Crippen LogP contribution in [0.5, 0.6) is 5.75 Å². The standard InChI is InChI=1S/C20H22N2O5/c1-14-4-9-18(15(2)10-14)22-19(23)12-26-20(24)13-27-21-11-16-5-7-17(25-3)8-6-16/h4-11H,12-13H2,1-3H3,(H,22,23)/b21-11-. The molecule has 1 N–H and O–H groups in total. The van der Waals surface area contributed by atoms with Gasteiger partial charge in [0.25, 0.3) is 5.91 Å². The van der Waals surface area contributed by atoms with Crippen LogP contribution in [0, 0.1) is 13.8 Å². The van der Waals surface area contributed by atoms with Crippen LogP contribution in [0.25, 0.3) is 0 Å². The van der Waals surface area contributed by atoms with E-state index in [0.717, 1.165) is 22.4 Å². The Labute approximate surface area is 157 Å². The van der Waals surface area contributed by atoms with Crippen molar-refractivity contribution in [1.82, 2.24) is 0 Å². The zero-order valence-electron chi connectivity index (χ0n) is 15.5. The number of ether oxygens (including phenoxy) is 2. The van der Waals surface area contributed by atoms with Crippen molar-refractivity contribution in [3.05, 3.63) is 59.2 Å². The smallest absolute Gasteiger partial charge is 0.347 e. The highest BCUT2D eigenvalue weighted by Crippen LogP contribution is 2.15. The Bertz CT molecular complexity index is 816. The van der Waals surface area contributed by atoms with Crippen molar-refractivity contribution in [2.75, 3.05) is 25.6 Å². The molecule has 0 aliphatic heterocycles. The van der Waals surface area contributed by atoms with Gasteiger partial charge in [0.15, 0.2) is 6.61 Å². The molecular formula is C20H22N2O5. The van der Waals surface area contributed by atoms with E-state index in [1.54, 1.807) is 37.4 Å². The third kappa shape index (κ3) is 6.81. The van der Waals surface area contributed by atoms with Crippen molar-refractivity contribution in [3.8, 4) is 5.75 Å². The largest absolute Gasteiger partial charge is 0.497 e. The number of anilines is 1. The fourth-order valence-electron chi connectivity index (χ4n) is 2.21. The van der Waals surface area contributed by atoms with E-state index in [0.29, 0.717) is 5.69 Å². The van der Waals surface area contributed by atoms with Gasteiger partial charge in [0.05, 0.1) is 13.3 Å². The average molecular weight is 370 g/mol. The van der Waals surface area contributed by atoms with E-state index >= 15 is 0 Å². The van der Waals surface area contributed by atoms with E-state index < -0.39 is 18.5 Å². The number of aryl methyl sites for hydroxylation is 2. The Balaban J connectivity index is 1.69. The van der Waals surface area contributed by atoms with Gasteiger partial charge in [-0.1, -0.05) is 22.9 Å². The van der Waals surface area contributed by atoms with E-state index in [1.165, 1.54) is 6.21 Å². The minimum atomic E-state index is -0.683. The third-order valence-electron chi connectivity index (χ3n) is 3.59. The molecule has 0 heterocycles. The number of esters is 1. The molecule has 27 heavy (non-hydrogen) atoms. The lowest BCUT2D eigenvalue weighted by molar-refractivity contribution is -0.151. The van der Waals surface area contributed by atoms with Gasteiger partial charge in [-0.15, -0.1) is 0 Å². The molecule has 1 amide bonds. The molecule has 142 valence electrons. The zero-order valence-corrected chi connectivity index (χ0v) is 15.5. The SMILES string of the molecule is COc1ccc(/C=N\OCC(=O)OCC(=O)Nc2ccc(C)cc2C)cc1. The van der Waals surface area contributed by atoms with Crippen LogP contribution in [0.4, 0.5) is 5.69 Å². The maximum absolute atomic E-state index is 11.9. The van der Waals surface area contributed by atoms with Gasteiger partial charge in [-0.3, -0.25) is 4.79 Å². The molecule has 0 fully saturated rings. The van der Waals surface area contributed by atoms with E-state index in [9.17, 15) is 9.59 Å². The van der Waals surface area contributed by atoms with Crippen LogP contribution >= 0.6 is 0 Å². The van der Waals surface area contributed by atoms with E-state index in [4.69, 9.17) is 14.3 Å². The zero-order chi connectivity index (χ0) is 19.6. The minimum Gasteiger partial charge on any atom is -0.497 e. The van der Waals surface area contributed by atoms with Crippen LogP contribution in [-0.2, 0) is 19.2 Å². The maximum atomic E-state index is 11.9. The summed E-state index contributed by atoms with van der Waals surface area (Å²) in [4.78, 5) is 28.3. The molecule has 0 unspecified atom stereocenters. The monoisotopic (exact) mass is 370 g/mol. The Morgan fingerprint density at radius 1 is 1.07 bits per heavy atom. The molecule has 2 aromatic carbocycles. The molecule has 0 aliphatic carbocycles. The second kappa shape index (κ2) is 9.96. The fourth-order valence-corrected chi connectivity index (χ4v) is 2.21. The first kappa shape index (κ1) is 20.0. The molecule has 0 atom stereocenters. The van der Waals surface area contributed by atoms with Crippen molar-refractivity contribution in [1.29, 1.82) is 0 Å². The summed E-state index contributed by atoms with van der Waals surface area (Å²) in [5.41, 5.74) is 3.51. The van der Waals surface area contributed by atoms with Crippen molar-refractivity contribution < 1.29 is 23.9 Å². The number of rotatable bonds is 8. The van der Waals surface area contributed by atoms with Gasteiger partial charge in [0.1, 0.15) is 5.75 Å². The Kier molecular flexibility index (Phi) is 7.37. The van der Waals surface area contributed by atoms with E-state index in [1.807, 2.05) is 26.0 Å². The number of methoxy groups -OCH3 is 1. The molecule has 0 radical (unpaired) electrons. The summed E-state index contributed by atoms with van der Waals surface area (Å²) in [5.74, 6) is -0.370. The van der Waals surface area contributed by atoms with Crippen molar-refractivity contribution in [2.45, 2.75) is 13.8 Å². The van der Waals surface area contributed by atoms with Crippen molar-refractivity contribution in [2.24, 2.45) is 5.16 Å². The summed E-state index contributed by atoms with van der Waals surface area (Å²) in [7, 11) is 1.58. The highest BCUT2D eigenvalue weighted by molar-refractivity contribution is 5.93. The van der Waals surface area contributed by atoms with Gasteiger partial charge >= 0.3 is 5.97 Å². The predicted octanol–water partition coefficient (Wildman–Crippen LogP) is 2.84. The Hall–Kier alpha value is -3.35. The number of carbonyl (C=O) groups excluding carboxylic acids is 2. The molecule has 0 aliphatic rings. The summed E-state index contributed by atoms with van der Waals surface area (Å²) < 4.78 is 9.91. The van der Waals surface area contributed by atoms with Crippen LogP contribution in [0.1, 0.15) is 16.7 Å². The number of hydrogen-bond donors (Lipinski definition) is 1. The van der Waals surface area contributed by atoms with Gasteiger partial charge in [-0.05, 0) is 55.3 Å². The van der Waals surface area contributed by atoms with Crippen molar-refractivity contribution in [3.63, 3.8) is 0 Å².